The van der Waals surface area contributed by atoms with Crippen LogP contribution >= 0.6 is 11.3 Å². The summed E-state index contributed by atoms with van der Waals surface area (Å²) < 4.78 is 5.86. The number of nitrogens with one attached hydrogen (secondary N) is 1. The van der Waals surface area contributed by atoms with E-state index >= 15 is 0 Å². The fraction of sp³-hybridized carbons (Fsp3) is 0.444. The van der Waals surface area contributed by atoms with Gasteiger partial charge in [-0.2, -0.15) is 0 Å². The topological polar surface area (TPSA) is 21.3 Å². The lowest BCUT2D eigenvalue weighted by atomic mass is 10.2. The van der Waals surface area contributed by atoms with Crippen LogP contribution in [0.2, 0.25) is 0 Å². The number of hydrogen-bond donors (Lipinski definition) is 1. The standard InChI is InChI=1S/C18H23NOS/c1-13(2)20-17-8-4-3-6-15(17)11-19-12-16-10-14-7-5-9-18(14)21-16/h3-4,6,8,10,13,19H,5,7,9,11-12H2,1-2H3. The van der Waals surface area contributed by atoms with Crippen LogP contribution in [0, 0.1) is 0 Å². The Kier molecular flexibility index (Phi) is 4.61. The number of ether oxygens (including phenoxy) is 1. The van der Waals surface area contributed by atoms with Crippen LogP contribution in [0.3, 0.4) is 0 Å². The number of benzene rings is 1. The fourth-order valence-corrected chi connectivity index (χ4v) is 4.05. The van der Waals surface area contributed by atoms with E-state index in [0.717, 1.165) is 18.8 Å². The summed E-state index contributed by atoms with van der Waals surface area (Å²) in [6.45, 7) is 5.94. The third-order valence-electron chi connectivity index (χ3n) is 3.75. The SMILES string of the molecule is CC(C)Oc1ccccc1CNCc1cc2c(s1)CCC2. The van der Waals surface area contributed by atoms with Crippen molar-refractivity contribution in [3.05, 3.63) is 51.2 Å². The van der Waals surface area contributed by atoms with Crippen LogP contribution in [-0.2, 0) is 25.9 Å². The molecular weight excluding hydrogens is 278 g/mol. The van der Waals surface area contributed by atoms with Crippen molar-refractivity contribution in [3.63, 3.8) is 0 Å². The molecule has 1 aromatic heterocycles. The predicted octanol–water partition coefficient (Wildman–Crippen LogP) is 4.31. The Morgan fingerprint density at radius 1 is 1.19 bits per heavy atom. The number of fused-ring (bicyclic) bond motifs is 1. The van der Waals surface area contributed by atoms with Crippen molar-refractivity contribution < 1.29 is 4.74 Å². The van der Waals surface area contributed by atoms with Crippen molar-refractivity contribution in [2.75, 3.05) is 0 Å². The lowest BCUT2D eigenvalue weighted by Gasteiger charge is -2.14. The zero-order valence-corrected chi connectivity index (χ0v) is 13.6. The van der Waals surface area contributed by atoms with Gasteiger partial charge >= 0.3 is 0 Å². The molecule has 0 radical (unpaired) electrons. The van der Waals surface area contributed by atoms with Crippen LogP contribution < -0.4 is 10.1 Å². The summed E-state index contributed by atoms with van der Waals surface area (Å²) in [5.41, 5.74) is 2.82. The van der Waals surface area contributed by atoms with Crippen molar-refractivity contribution in [1.82, 2.24) is 5.32 Å². The van der Waals surface area contributed by atoms with Gasteiger partial charge in [0.05, 0.1) is 6.10 Å². The van der Waals surface area contributed by atoms with Crippen LogP contribution in [0.15, 0.2) is 30.3 Å². The van der Waals surface area contributed by atoms with Crippen molar-refractivity contribution in [2.24, 2.45) is 0 Å². The molecule has 1 aliphatic carbocycles. The second-order valence-electron chi connectivity index (χ2n) is 5.89. The highest BCUT2D eigenvalue weighted by Crippen LogP contribution is 2.30. The molecule has 0 amide bonds. The number of hydrogen-bond acceptors (Lipinski definition) is 3. The summed E-state index contributed by atoms with van der Waals surface area (Å²) in [6.07, 6.45) is 4.11. The minimum absolute atomic E-state index is 0.214. The highest BCUT2D eigenvalue weighted by atomic mass is 32.1. The van der Waals surface area contributed by atoms with E-state index in [2.05, 4.69) is 43.4 Å². The summed E-state index contributed by atoms with van der Waals surface area (Å²) >= 11 is 1.98. The Hall–Kier alpha value is -1.32. The van der Waals surface area contributed by atoms with Gasteiger partial charge in [0, 0.05) is 28.4 Å². The van der Waals surface area contributed by atoms with Crippen LogP contribution in [0.1, 0.15) is 41.1 Å². The smallest absolute Gasteiger partial charge is 0.124 e. The van der Waals surface area contributed by atoms with Gasteiger partial charge in [-0.15, -0.1) is 11.3 Å². The summed E-state index contributed by atoms with van der Waals surface area (Å²) in [5, 5.41) is 3.55. The molecule has 1 aromatic carbocycles. The third-order valence-corrected chi connectivity index (χ3v) is 4.98. The minimum Gasteiger partial charge on any atom is -0.491 e. The molecule has 112 valence electrons. The molecule has 3 rings (SSSR count). The minimum atomic E-state index is 0.214. The Morgan fingerprint density at radius 2 is 2.05 bits per heavy atom. The molecule has 0 atom stereocenters. The molecule has 21 heavy (non-hydrogen) atoms. The molecule has 1 heterocycles. The van der Waals surface area contributed by atoms with E-state index in [1.54, 1.807) is 10.4 Å². The molecule has 1 N–H and O–H groups in total. The first-order valence-electron chi connectivity index (χ1n) is 7.78. The second kappa shape index (κ2) is 6.63. The first kappa shape index (κ1) is 14.6. The van der Waals surface area contributed by atoms with Gasteiger partial charge in [-0.25, -0.2) is 0 Å². The lowest BCUT2D eigenvalue weighted by molar-refractivity contribution is 0.239. The van der Waals surface area contributed by atoms with Gasteiger partial charge in [0.15, 0.2) is 0 Å². The van der Waals surface area contributed by atoms with Crippen molar-refractivity contribution >= 4 is 11.3 Å². The largest absolute Gasteiger partial charge is 0.491 e. The van der Waals surface area contributed by atoms with Crippen LogP contribution in [0.4, 0.5) is 0 Å². The molecule has 2 aromatic rings. The van der Waals surface area contributed by atoms with Gasteiger partial charge < -0.3 is 10.1 Å². The number of thiophene rings is 1. The number of aryl methyl sites for hydroxylation is 2. The Labute approximate surface area is 131 Å². The third kappa shape index (κ3) is 3.66. The molecule has 1 aliphatic rings. The highest BCUT2D eigenvalue weighted by molar-refractivity contribution is 7.12. The lowest BCUT2D eigenvalue weighted by Crippen LogP contribution is -2.14. The Morgan fingerprint density at radius 3 is 2.86 bits per heavy atom. The van der Waals surface area contributed by atoms with Gasteiger partial charge in [0.2, 0.25) is 0 Å². The predicted molar refractivity (Wildman–Crippen MR) is 89.1 cm³/mol. The van der Waals surface area contributed by atoms with Gasteiger partial charge in [-0.1, -0.05) is 18.2 Å². The summed E-state index contributed by atoms with van der Waals surface area (Å²) in [7, 11) is 0. The maximum absolute atomic E-state index is 5.86. The summed E-state index contributed by atoms with van der Waals surface area (Å²) in [4.78, 5) is 3.07. The van der Waals surface area contributed by atoms with E-state index in [-0.39, 0.29) is 6.10 Å². The van der Waals surface area contributed by atoms with E-state index < -0.39 is 0 Å². The molecule has 0 saturated heterocycles. The molecule has 0 saturated carbocycles. The number of para-hydroxylation sites is 1. The zero-order chi connectivity index (χ0) is 14.7. The molecule has 2 nitrogen and oxygen atoms in total. The first-order valence-corrected chi connectivity index (χ1v) is 8.60. The summed E-state index contributed by atoms with van der Waals surface area (Å²) in [6, 6.07) is 10.7. The number of rotatable bonds is 6. The normalized spacial score (nSPS) is 13.7. The zero-order valence-electron chi connectivity index (χ0n) is 12.8. The van der Waals surface area contributed by atoms with Gasteiger partial charge in [-0.05, 0) is 50.8 Å². The maximum atomic E-state index is 5.86. The van der Waals surface area contributed by atoms with Crippen LogP contribution in [0.25, 0.3) is 0 Å². The molecule has 0 fully saturated rings. The molecule has 0 aliphatic heterocycles. The van der Waals surface area contributed by atoms with Crippen molar-refractivity contribution in [3.8, 4) is 5.75 Å². The maximum Gasteiger partial charge on any atom is 0.124 e. The van der Waals surface area contributed by atoms with Crippen LogP contribution in [-0.4, -0.2) is 6.10 Å². The Balaban J connectivity index is 1.57. The average Bonchev–Trinajstić information content (AvgIpc) is 3.01. The van der Waals surface area contributed by atoms with E-state index in [9.17, 15) is 0 Å². The van der Waals surface area contributed by atoms with Crippen LogP contribution in [0.5, 0.6) is 5.75 Å². The molecule has 0 bridgehead atoms. The van der Waals surface area contributed by atoms with Gasteiger partial charge in [0.25, 0.3) is 0 Å². The monoisotopic (exact) mass is 301 g/mol. The molecule has 0 unspecified atom stereocenters. The average molecular weight is 301 g/mol. The van der Waals surface area contributed by atoms with E-state index in [1.807, 2.05) is 17.4 Å². The van der Waals surface area contributed by atoms with E-state index in [1.165, 1.54) is 29.7 Å². The van der Waals surface area contributed by atoms with E-state index in [0.29, 0.717) is 0 Å². The highest BCUT2D eigenvalue weighted by Gasteiger charge is 2.14. The first-order chi connectivity index (χ1) is 10.2. The molecular formula is C18H23NOS. The van der Waals surface area contributed by atoms with E-state index in [4.69, 9.17) is 4.74 Å². The van der Waals surface area contributed by atoms with Gasteiger partial charge in [0.1, 0.15) is 5.75 Å². The van der Waals surface area contributed by atoms with Crippen molar-refractivity contribution in [2.45, 2.75) is 52.3 Å². The Bertz CT molecular complexity index is 582. The van der Waals surface area contributed by atoms with Crippen molar-refractivity contribution in [1.29, 1.82) is 0 Å². The second-order valence-corrected chi connectivity index (χ2v) is 7.11. The fourth-order valence-electron chi connectivity index (χ4n) is 2.82. The molecule has 3 heteroatoms. The molecule has 0 spiro atoms. The quantitative estimate of drug-likeness (QED) is 0.858. The van der Waals surface area contributed by atoms with Gasteiger partial charge in [-0.3, -0.25) is 0 Å². The summed E-state index contributed by atoms with van der Waals surface area (Å²) in [5.74, 6) is 0.994.